The van der Waals surface area contributed by atoms with Crippen molar-refractivity contribution >= 4 is 6.09 Å². The molecule has 1 aliphatic heterocycles. The topological polar surface area (TPSA) is 41.6 Å². The second-order valence-electron chi connectivity index (χ2n) is 6.21. The van der Waals surface area contributed by atoms with Crippen molar-refractivity contribution < 1.29 is 9.53 Å². The Morgan fingerprint density at radius 3 is 2.53 bits per heavy atom. The van der Waals surface area contributed by atoms with E-state index in [-0.39, 0.29) is 12.1 Å². The third kappa shape index (κ3) is 3.60. The summed E-state index contributed by atoms with van der Waals surface area (Å²) in [5.74, 6) is 0. The molecule has 98 valence electrons. The Morgan fingerprint density at radius 1 is 1.29 bits per heavy atom. The lowest BCUT2D eigenvalue weighted by Gasteiger charge is -2.34. The van der Waals surface area contributed by atoms with Crippen molar-refractivity contribution in [3.63, 3.8) is 0 Å². The van der Waals surface area contributed by atoms with Crippen LogP contribution in [0.3, 0.4) is 0 Å². The van der Waals surface area contributed by atoms with Crippen molar-refractivity contribution in [1.82, 2.24) is 10.2 Å². The number of rotatable bonds is 2. The van der Waals surface area contributed by atoms with Gasteiger partial charge in [0.1, 0.15) is 5.60 Å². The minimum absolute atomic E-state index is 0.269. The maximum Gasteiger partial charge on any atom is 0.407 e. The number of carbonyl (C=O) groups excluding carboxylic acids is 1. The zero-order valence-electron chi connectivity index (χ0n) is 11.2. The summed E-state index contributed by atoms with van der Waals surface area (Å²) in [4.78, 5) is 14.1. The summed E-state index contributed by atoms with van der Waals surface area (Å²) in [7, 11) is 0. The van der Waals surface area contributed by atoms with Crippen LogP contribution in [0.2, 0.25) is 0 Å². The van der Waals surface area contributed by atoms with E-state index in [1.165, 1.54) is 19.3 Å². The predicted octanol–water partition coefficient (Wildman–Crippen LogP) is 2.14. The first kappa shape index (κ1) is 12.7. The third-order valence-electron chi connectivity index (χ3n) is 3.53. The third-order valence-corrected chi connectivity index (χ3v) is 3.53. The number of amides is 1. The summed E-state index contributed by atoms with van der Waals surface area (Å²) in [6.07, 6.45) is 4.80. The van der Waals surface area contributed by atoms with Gasteiger partial charge in [-0.2, -0.15) is 0 Å². The highest BCUT2D eigenvalue weighted by Gasteiger charge is 2.32. The van der Waals surface area contributed by atoms with Crippen LogP contribution in [0.15, 0.2) is 0 Å². The van der Waals surface area contributed by atoms with E-state index in [0.717, 1.165) is 25.6 Å². The molecule has 1 saturated carbocycles. The standard InChI is InChI=1S/C13H24N2O2/c1-13(2,3)17-12(16)14-10-7-8-15(9-10)11-5-4-6-11/h10-11H,4-9H2,1-3H3,(H,14,16)/t10-/m0/s1. The lowest BCUT2D eigenvalue weighted by molar-refractivity contribution is 0.0502. The molecule has 0 aromatic rings. The van der Waals surface area contributed by atoms with Gasteiger partial charge < -0.3 is 10.1 Å². The first-order valence-corrected chi connectivity index (χ1v) is 6.67. The van der Waals surface area contributed by atoms with Crippen LogP contribution in [-0.4, -0.2) is 41.8 Å². The second-order valence-corrected chi connectivity index (χ2v) is 6.21. The van der Waals surface area contributed by atoms with E-state index in [1.54, 1.807) is 0 Å². The van der Waals surface area contributed by atoms with Crippen LogP contribution in [0.5, 0.6) is 0 Å². The fraction of sp³-hybridized carbons (Fsp3) is 0.923. The molecule has 1 saturated heterocycles. The lowest BCUT2D eigenvalue weighted by Crippen LogP contribution is -2.43. The van der Waals surface area contributed by atoms with E-state index < -0.39 is 5.60 Å². The molecule has 1 N–H and O–H groups in total. The molecular weight excluding hydrogens is 216 g/mol. The minimum Gasteiger partial charge on any atom is -0.444 e. The Labute approximate surface area is 104 Å². The van der Waals surface area contributed by atoms with Gasteiger partial charge in [0.15, 0.2) is 0 Å². The highest BCUT2D eigenvalue weighted by atomic mass is 16.6. The van der Waals surface area contributed by atoms with E-state index in [9.17, 15) is 4.79 Å². The van der Waals surface area contributed by atoms with Crippen molar-refractivity contribution in [2.45, 2.75) is 64.1 Å². The van der Waals surface area contributed by atoms with Gasteiger partial charge in [-0.05, 0) is 40.0 Å². The zero-order valence-corrected chi connectivity index (χ0v) is 11.2. The lowest BCUT2D eigenvalue weighted by atomic mass is 9.92. The molecule has 17 heavy (non-hydrogen) atoms. The minimum atomic E-state index is -0.406. The summed E-state index contributed by atoms with van der Waals surface area (Å²) in [6, 6.07) is 1.05. The van der Waals surface area contributed by atoms with Crippen LogP contribution in [0.25, 0.3) is 0 Å². The molecule has 0 unspecified atom stereocenters. The first-order valence-electron chi connectivity index (χ1n) is 6.67. The largest absolute Gasteiger partial charge is 0.444 e. The SMILES string of the molecule is CC(C)(C)OC(=O)N[C@H]1CCN(C2CCC2)C1. The number of hydrogen-bond acceptors (Lipinski definition) is 3. The van der Waals surface area contributed by atoms with Gasteiger partial charge in [0, 0.05) is 25.2 Å². The number of alkyl carbamates (subject to hydrolysis) is 1. The van der Waals surface area contributed by atoms with Crippen LogP contribution in [0, 0.1) is 0 Å². The van der Waals surface area contributed by atoms with Gasteiger partial charge in [-0.3, -0.25) is 4.90 Å². The maximum atomic E-state index is 11.6. The van der Waals surface area contributed by atoms with Crippen molar-refractivity contribution in [1.29, 1.82) is 0 Å². The van der Waals surface area contributed by atoms with E-state index in [4.69, 9.17) is 4.74 Å². The summed E-state index contributed by atoms with van der Waals surface area (Å²) < 4.78 is 5.27. The molecule has 1 aliphatic carbocycles. The average Bonchev–Trinajstić information content (AvgIpc) is 2.45. The fourth-order valence-corrected chi connectivity index (χ4v) is 2.46. The Kier molecular flexibility index (Phi) is 3.61. The summed E-state index contributed by atoms with van der Waals surface area (Å²) >= 11 is 0. The van der Waals surface area contributed by atoms with Gasteiger partial charge >= 0.3 is 6.09 Å². The van der Waals surface area contributed by atoms with Gasteiger partial charge in [0.2, 0.25) is 0 Å². The molecule has 0 spiro atoms. The van der Waals surface area contributed by atoms with Crippen LogP contribution in [0.1, 0.15) is 46.5 Å². The molecule has 2 aliphatic rings. The smallest absolute Gasteiger partial charge is 0.407 e. The Morgan fingerprint density at radius 2 is 2.00 bits per heavy atom. The molecule has 1 atom stereocenters. The summed E-state index contributed by atoms with van der Waals surface area (Å²) in [5.41, 5.74) is -0.406. The normalized spacial score (nSPS) is 26.6. The highest BCUT2D eigenvalue weighted by molar-refractivity contribution is 5.68. The van der Waals surface area contributed by atoms with Crippen molar-refractivity contribution in [3.8, 4) is 0 Å². The van der Waals surface area contributed by atoms with Gasteiger partial charge in [-0.15, -0.1) is 0 Å². The van der Waals surface area contributed by atoms with Gasteiger partial charge in [0.25, 0.3) is 0 Å². The molecule has 0 aromatic carbocycles. The van der Waals surface area contributed by atoms with Gasteiger partial charge in [-0.1, -0.05) is 6.42 Å². The molecule has 4 heteroatoms. The molecule has 2 fully saturated rings. The molecule has 0 radical (unpaired) electrons. The van der Waals surface area contributed by atoms with Gasteiger partial charge in [-0.25, -0.2) is 4.79 Å². The maximum absolute atomic E-state index is 11.6. The van der Waals surface area contributed by atoms with Crippen molar-refractivity contribution in [3.05, 3.63) is 0 Å². The Bertz CT molecular complexity index is 282. The van der Waals surface area contributed by atoms with E-state index in [1.807, 2.05) is 20.8 Å². The highest BCUT2D eigenvalue weighted by Crippen LogP contribution is 2.27. The Balaban J connectivity index is 1.71. The van der Waals surface area contributed by atoms with Crippen molar-refractivity contribution in [2.24, 2.45) is 0 Å². The summed E-state index contributed by atoms with van der Waals surface area (Å²) in [5, 5.41) is 2.97. The molecule has 4 nitrogen and oxygen atoms in total. The summed E-state index contributed by atoms with van der Waals surface area (Å²) in [6.45, 7) is 7.78. The molecule has 1 heterocycles. The molecular formula is C13H24N2O2. The Hall–Kier alpha value is -0.770. The van der Waals surface area contributed by atoms with E-state index >= 15 is 0 Å². The zero-order chi connectivity index (χ0) is 12.5. The number of nitrogens with zero attached hydrogens (tertiary/aromatic N) is 1. The van der Waals surface area contributed by atoms with Gasteiger partial charge in [0.05, 0.1) is 0 Å². The van der Waals surface area contributed by atoms with Crippen LogP contribution < -0.4 is 5.32 Å². The van der Waals surface area contributed by atoms with E-state index in [2.05, 4.69) is 10.2 Å². The van der Waals surface area contributed by atoms with Crippen LogP contribution in [0.4, 0.5) is 4.79 Å². The number of nitrogens with one attached hydrogen (secondary N) is 1. The molecule has 1 amide bonds. The molecule has 0 bridgehead atoms. The average molecular weight is 240 g/mol. The predicted molar refractivity (Wildman–Crippen MR) is 67.0 cm³/mol. The number of ether oxygens (including phenoxy) is 1. The number of hydrogen-bond donors (Lipinski definition) is 1. The molecule has 2 rings (SSSR count). The van der Waals surface area contributed by atoms with Crippen molar-refractivity contribution in [2.75, 3.05) is 13.1 Å². The molecule has 0 aromatic heterocycles. The monoisotopic (exact) mass is 240 g/mol. The van der Waals surface area contributed by atoms with Crippen LogP contribution >= 0.6 is 0 Å². The van der Waals surface area contributed by atoms with Crippen LogP contribution in [-0.2, 0) is 4.74 Å². The number of carbonyl (C=O) groups is 1. The quantitative estimate of drug-likeness (QED) is 0.804. The first-order chi connectivity index (χ1) is 7.94. The fourth-order valence-electron chi connectivity index (χ4n) is 2.46. The number of likely N-dealkylation sites (tertiary alicyclic amines) is 1. The second kappa shape index (κ2) is 4.84. The van der Waals surface area contributed by atoms with E-state index in [0.29, 0.717) is 0 Å².